The molecule has 0 aliphatic carbocycles. The Morgan fingerprint density at radius 2 is 1.73 bits per heavy atom. The molecule has 0 spiro atoms. The molecule has 1 fully saturated rings. The fourth-order valence-corrected chi connectivity index (χ4v) is 4.76. The molecule has 1 N–H and O–H groups in total. The Hall–Kier alpha value is -2.41. The van der Waals surface area contributed by atoms with E-state index in [1.54, 1.807) is 6.92 Å². The maximum absolute atomic E-state index is 12.9. The lowest BCUT2D eigenvalue weighted by atomic mass is 10.0. The first-order valence-electron chi connectivity index (χ1n) is 12.6. The Morgan fingerprint density at radius 3 is 2.39 bits per heavy atom. The second-order valence-electron chi connectivity index (χ2n) is 9.59. The molecule has 1 aromatic carbocycles. The predicted molar refractivity (Wildman–Crippen MR) is 131 cm³/mol. The van der Waals surface area contributed by atoms with Crippen LogP contribution in [0.25, 0.3) is 0 Å². The number of likely N-dealkylation sites (tertiary alicyclic amines) is 1. The first-order valence-corrected chi connectivity index (χ1v) is 12.6. The number of anilines is 1. The van der Waals surface area contributed by atoms with Crippen molar-refractivity contribution >= 4 is 23.4 Å². The lowest BCUT2D eigenvalue weighted by molar-refractivity contribution is -0.127. The molecule has 0 unspecified atom stereocenters. The minimum absolute atomic E-state index is 0.0388. The van der Waals surface area contributed by atoms with Gasteiger partial charge in [-0.05, 0) is 63.4 Å². The molecule has 0 bridgehead atoms. The van der Waals surface area contributed by atoms with Gasteiger partial charge < -0.3 is 15.1 Å². The van der Waals surface area contributed by atoms with E-state index in [4.69, 9.17) is 0 Å². The third-order valence-electron chi connectivity index (χ3n) is 6.78. The van der Waals surface area contributed by atoms with Gasteiger partial charge in [0.05, 0.1) is 0 Å². The van der Waals surface area contributed by atoms with Gasteiger partial charge in [0.1, 0.15) is 0 Å². The number of nitrogens with one attached hydrogen (secondary N) is 1. The largest absolute Gasteiger partial charge is 0.350 e. The van der Waals surface area contributed by atoms with Crippen LogP contribution in [0.2, 0.25) is 0 Å². The highest BCUT2D eigenvalue weighted by Gasteiger charge is 2.22. The van der Waals surface area contributed by atoms with Gasteiger partial charge in [0.15, 0.2) is 0 Å². The van der Waals surface area contributed by atoms with Crippen LogP contribution in [0.3, 0.4) is 0 Å². The molecule has 0 atom stereocenters. The Kier molecular flexibility index (Phi) is 9.30. The Balaban J connectivity index is 1.80. The van der Waals surface area contributed by atoms with Crippen molar-refractivity contribution in [3.8, 4) is 0 Å². The quantitative estimate of drug-likeness (QED) is 0.735. The SMILES string of the molecule is CC(=O)N1CCCCCCCN(C(C)C)Cc2cc(C(=O)NCCN3CCCC3=O)ccc21. The monoisotopic (exact) mass is 456 g/mol. The molecule has 1 saturated heterocycles. The van der Waals surface area contributed by atoms with Crippen molar-refractivity contribution in [3.05, 3.63) is 29.3 Å². The molecule has 1 aromatic rings. The van der Waals surface area contributed by atoms with Crippen molar-refractivity contribution in [1.82, 2.24) is 15.1 Å². The van der Waals surface area contributed by atoms with Crippen molar-refractivity contribution in [2.45, 2.75) is 78.3 Å². The standard InChI is InChI=1S/C26H40N4O3/c1-20(2)29-14-7-5-4-6-8-16-30(21(3)31)24-12-11-22(18-23(24)19-29)26(33)27-13-17-28-15-9-10-25(28)32/h11-12,18,20H,4-10,13-17,19H2,1-3H3,(H,27,33). The molecule has 0 radical (unpaired) electrons. The first kappa shape index (κ1) is 25.2. The fraction of sp³-hybridized carbons (Fsp3) is 0.654. The zero-order valence-corrected chi connectivity index (χ0v) is 20.6. The summed E-state index contributed by atoms with van der Waals surface area (Å²) in [6.45, 7) is 10.2. The molecule has 3 amide bonds. The molecule has 2 aliphatic heterocycles. The summed E-state index contributed by atoms with van der Waals surface area (Å²) in [6.07, 6.45) is 7.20. The maximum Gasteiger partial charge on any atom is 0.251 e. The molecule has 182 valence electrons. The van der Waals surface area contributed by atoms with Crippen LogP contribution in [0.1, 0.15) is 81.6 Å². The van der Waals surface area contributed by atoms with Crippen molar-refractivity contribution in [1.29, 1.82) is 0 Å². The molecule has 33 heavy (non-hydrogen) atoms. The maximum atomic E-state index is 12.9. The average molecular weight is 457 g/mol. The van der Waals surface area contributed by atoms with E-state index in [0.717, 1.165) is 43.6 Å². The van der Waals surface area contributed by atoms with Crippen LogP contribution in [0.15, 0.2) is 18.2 Å². The summed E-state index contributed by atoms with van der Waals surface area (Å²) in [4.78, 5) is 43.3. The van der Waals surface area contributed by atoms with Crippen LogP contribution < -0.4 is 10.2 Å². The van der Waals surface area contributed by atoms with Crippen LogP contribution >= 0.6 is 0 Å². The number of benzene rings is 1. The number of fused-ring (bicyclic) bond motifs is 1. The fourth-order valence-electron chi connectivity index (χ4n) is 4.76. The molecule has 7 heteroatoms. The van der Waals surface area contributed by atoms with Gasteiger partial charge in [0.2, 0.25) is 11.8 Å². The van der Waals surface area contributed by atoms with Crippen molar-refractivity contribution in [2.24, 2.45) is 0 Å². The third kappa shape index (κ3) is 7.03. The van der Waals surface area contributed by atoms with Gasteiger partial charge in [-0.2, -0.15) is 0 Å². The number of amides is 3. The molecular weight excluding hydrogens is 416 g/mol. The number of hydrogen-bond acceptors (Lipinski definition) is 4. The average Bonchev–Trinajstić information content (AvgIpc) is 3.18. The zero-order chi connectivity index (χ0) is 23.8. The lowest BCUT2D eigenvalue weighted by Gasteiger charge is -2.31. The Bertz CT molecular complexity index is 839. The number of rotatable bonds is 5. The molecule has 2 aliphatic rings. The van der Waals surface area contributed by atoms with Crippen molar-refractivity contribution in [2.75, 3.05) is 37.6 Å². The van der Waals surface area contributed by atoms with E-state index >= 15 is 0 Å². The Morgan fingerprint density at radius 1 is 1.00 bits per heavy atom. The molecule has 2 heterocycles. The van der Waals surface area contributed by atoms with Gasteiger partial charge in [-0.25, -0.2) is 0 Å². The van der Waals surface area contributed by atoms with E-state index in [1.165, 1.54) is 19.3 Å². The van der Waals surface area contributed by atoms with Crippen LogP contribution in [-0.2, 0) is 16.1 Å². The van der Waals surface area contributed by atoms with E-state index in [9.17, 15) is 14.4 Å². The van der Waals surface area contributed by atoms with Crippen LogP contribution in [0.5, 0.6) is 0 Å². The van der Waals surface area contributed by atoms with E-state index < -0.39 is 0 Å². The summed E-state index contributed by atoms with van der Waals surface area (Å²) >= 11 is 0. The normalized spacial score (nSPS) is 18.6. The number of nitrogens with zero attached hydrogens (tertiary/aromatic N) is 3. The van der Waals surface area contributed by atoms with E-state index in [2.05, 4.69) is 24.1 Å². The van der Waals surface area contributed by atoms with Gasteiger partial charge in [-0.3, -0.25) is 19.3 Å². The minimum atomic E-state index is -0.138. The van der Waals surface area contributed by atoms with Gasteiger partial charge in [-0.15, -0.1) is 0 Å². The smallest absolute Gasteiger partial charge is 0.251 e. The number of carbonyl (C=O) groups is 3. The van der Waals surface area contributed by atoms with Crippen LogP contribution in [0.4, 0.5) is 5.69 Å². The van der Waals surface area contributed by atoms with Gasteiger partial charge in [-0.1, -0.05) is 19.3 Å². The molecular formula is C26H40N4O3. The summed E-state index contributed by atoms with van der Waals surface area (Å²) in [5.74, 6) is 0.0695. The van der Waals surface area contributed by atoms with Gasteiger partial charge in [0.25, 0.3) is 5.91 Å². The molecule has 3 rings (SSSR count). The van der Waals surface area contributed by atoms with Crippen molar-refractivity contribution < 1.29 is 14.4 Å². The summed E-state index contributed by atoms with van der Waals surface area (Å²) < 4.78 is 0. The second kappa shape index (κ2) is 12.2. The number of carbonyl (C=O) groups excluding carboxylic acids is 3. The second-order valence-corrected chi connectivity index (χ2v) is 9.59. The summed E-state index contributed by atoms with van der Waals surface area (Å²) in [6, 6.07) is 6.07. The predicted octanol–water partition coefficient (Wildman–Crippen LogP) is 3.57. The highest BCUT2D eigenvalue weighted by molar-refractivity contribution is 5.97. The highest BCUT2D eigenvalue weighted by Crippen LogP contribution is 2.26. The molecule has 0 aromatic heterocycles. The van der Waals surface area contributed by atoms with Gasteiger partial charge >= 0.3 is 0 Å². The van der Waals surface area contributed by atoms with E-state index in [-0.39, 0.29) is 17.7 Å². The first-order chi connectivity index (χ1) is 15.9. The lowest BCUT2D eigenvalue weighted by Crippen LogP contribution is -2.36. The Labute approximate surface area is 198 Å². The van der Waals surface area contributed by atoms with E-state index in [1.807, 2.05) is 28.0 Å². The van der Waals surface area contributed by atoms with Gasteiger partial charge in [0, 0.05) is 63.4 Å². The third-order valence-corrected chi connectivity index (χ3v) is 6.78. The number of hydrogen-bond donors (Lipinski definition) is 1. The minimum Gasteiger partial charge on any atom is -0.350 e. The molecule has 0 saturated carbocycles. The topological polar surface area (TPSA) is 73.0 Å². The summed E-state index contributed by atoms with van der Waals surface area (Å²) in [7, 11) is 0. The van der Waals surface area contributed by atoms with Crippen LogP contribution in [-0.4, -0.2) is 66.3 Å². The summed E-state index contributed by atoms with van der Waals surface area (Å²) in [5, 5.41) is 2.96. The van der Waals surface area contributed by atoms with E-state index in [0.29, 0.717) is 44.2 Å². The molecule has 7 nitrogen and oxygen atoms in total. The summed E-state index contributed by atoms with van der Waals surface area (Å²) in [5.41, 5.74) is 2.52. The zero-order valence-electron chi connectivity index (χ0n) is 20.6. The van der Waals surface area contributed by atoms with Crippen molar-refractivity contribution in [3.63, 3.8) is 0 Å². The highest BCUT2D eigenvalue weighted by atomic mass is 16.2. The van der Waals surface area contributed by atoms with Crippen LogP contribution in [0, 0.1) is 0 Å².